The molecule has 0 fully saturated rings. The van der Waals surface area contributed by atoms with Gasteiger partial charge in [-0.1, -0.05) is 75.2 Å². The van der Waals surface area contributed by atoms with Crippen LogP contribution in [0.3, 0.4) is 0 Å². The molecule has 0 saturated heterocycles. The Kier molecular flexibility index (Phi) is 8.30. The Morgan fingerprint density at radius 3 is 2.18 bits per heavy atom. The van der Waals surface area contributed by atoms with Gasteiger partial charge in [0, 0.05) is 26.6 Å². The first kappa shape index (κ1) is 23.6. The van der Waals surface area contributed by atoms with Crippen LogP contribution in [0.4, 0.5) is 0 Å². The van der Waals surface area contributed by atoms with Crippen molar-refractivity contribution in [2.45, 2.75) is 63.5 Å². The van der Waals surface area contributed by atoms with E-state index in [2.05, 4.69) is 33.0 Å². The van der Waals surface area contributed by atoms with Gasteiger partial charge in [-0.15, -0.1) is 0 Å². The maximum Gasteiger partial charge on any atom is 0.101 e. The average molecular weight is 440 g/mol. The molecule has 2 aromatic carbocycles. The van der Waals surface area contributed by atoms with Crippen LogP contribution in [0.25, 0.3) is 0 Å². The van der Waals surface area contributed by atoms with E-state index in [9.17, 15) is 5.11 Å². The molecule has 5 heteroatoms. The molecular weight excluding hydrogens is 409 g/mol. The molecule has 0 heterocycles. The van der Waals surface area contributed by atoms with Gasteiger partial charge in [0.25, 0.3) is 0 Å². The fourth-order valence-electron chi connectivity index (χ4n) is 3.16. The Labute approximate surface area is 184 Å². The van der Waals surface area contributed by atoms with Gasteiger partial charge in [-0.2, -0.15) is 11.8 Å². The number of aliphatic hydroxyl groups excluding tert-OH is 1. The summed E-state index contributed by atoms with van der Waals surface area (Å²) in [5.41, 5.74) is 1.09. The first-order valence-electron chi connectivity index (χ1n) is 9.66. The van der Waals surface area contributed by atoms with Crippen molar-refractivity contribution in [2.24, 2.45) is 0 Å². The van der Waals surface area contributed by atoms with E-state index in [1.165, 1.54) is 0 Å². The van der Waals surface area contributed by atoms with Gasteiger partial charge < -0.3 is 10.4 Å². The molecule has 0 unspecified atom stereocenters. The summed E-state index contributed by atoms with van der Waals surface area (Å²) >= 11 is 14.2. The topological polar surface area (TPSA) is 32.3 Å². The van der Waals surface area contributed by atoms with Gasteiger partial charge in [0.05, 0.1) is 5.54 Å². The smallest absolute Gasteiger partial charge is 0.101 e. The SMILES string of the molecule is CC[C@@H](CSC(C)(C)C)N[C@](C)(c1ccc(Cl)cc1)[C@H](O)c1cccc(Cl)c1. The molecule has 0 amide bonds. The molecule has 2 N–H and O–H groups in total. The summed E-state index contributed by atoms with van der Waals surface area (Å²) in [6, 6.07) is 15.4. The number of halogens is 2. The minimum Gasteiger partial charge on any atom is -0.386 e. The van der Waals surface area contributed by atoms with Gasteiger partial charge in [0.2, 0.25) is 0 Å². The van der Waals surface area contributed by atoms with E-state index >= 15 is 0 Å². The maximum absolute atomic E-state index is 11.4. The van der Waals surface area contributed by atoms with Gasteiger partial charge in [-0.05, 0) is 48.7 Å². The van der Waals surface area contributed by atoms with Crippen molar-refractivity contribution < 1.29 is 5.11 Å². The second-order valence-electron chi connectivity index (χ2n) is 8.34. The summed E-state index contributed by atoms with van der Waals surface area (Å²) in [6.45, 7) is 10.9. The van der Waals surface area contributed by atoms with Crippen molar-refractivity contribution in [1.82, 2.24) is 5.32 Å². The van der Waals surface area contributed by atoms with Crippen molar-refractivity contribution in [3.8, 4) is 0 Å². The number of thioether (sulfide) groups is 1. The Balaban J connectivity index is 2.39. The van der Waals surface area contributed by atoms with Crippen LogP contribution in [0, 0.1) is 0 Å². The van der Waals surface area contributed by atoms with Crippen LogP contribution in [0.2, 0.25) is 10.0 Å². The van der Waals surface area contributed by atoms with Crippen LogP contribution >= 0.6 is 35.0 Å². The zero-order valence-corrected chi connectivity index (χ0v) is 19.6. The third-order valence-corrected chi connectivity index (χ3v) is 6.79. The monoisotopic (exact) mass is 439 g/mol. The van der Waals surface area contributed by atoms with Crippen LogP contribution < -0.4 is 5.32 Å². The Morgan fingerprint density at radius 1 is 1.00 bits per heavy atom. The number of hydrogen-bond acceptors (Lipinski definition) is 3. The average Bonchev–Trinajstić information content (AvgIpc) is 2.64. The number of hydrogen-bond donors (Lipinski definition) is 2. The summed E-state index contributed by atoms with van der Waals surface area (Å²) in [5, 5.41) is 16.4. The van der Waals surface area contributed by atoms with Gasteiger partial charge in [0.1, 0.15) is 6.10 Å². The highest BCUT2D eigenvalue weighted by molar-refractivity contribution is 8.00. The maximum atomic E-state index is 11.4. The van der Waals surface area contributed by atoms with Crippen molar-refractivity contribution in [3.05, 3.63) is 69.7 Å². The second kappa shape index (κ2) is 9.86. The Hall–Kier alpha value is -0.710. The molecule has 0 bridgehead atoms. The third-order valence-electron chi connectivity index (χ3n) is 4.87. The van der Waals surface area contributed by atoms with Gasteiger partial charge >= 0.3 is 0 Å². The zero-order chi connectivity index (χ0) is 20.9. The predicted molar refractivity (Wildman–Crippen MR) is 125 cm³/mol. The Morgan fingerprint density at radius 2 is 1.64 bits per heavy atom. The molecule has 3 atom stereocenters. The van der Waals surface area contributed by atoms with Crippen molar-refractivity contribution in [1.29, 1.82) is 0 Å². The summed E-state index contributed by atoms with van der Waals surface area (Å²) in [6.07, 6.45) is 0.204. The van der Waals surface area contributed by atoms with E-state index in [1.54, 1.807) is 0 Å². The van der Waals surface area contributed by atoms with Crippen LogP contribution in [0.1, 0.15) is 58.3 Å². The highest BCUT2D eigenvalue weighted by atomic mass is 35.5. The summed E-state index contributed by atoms with van der Waals surface area (Å²) < 4.78 is 0.192. The quantitative estimate of drug-likeness (QED) is 0.471. The fraction of sp³-hybridized carbons (Fsp3) is 0.478. The summed E-state index contributed by atoms with van der Waals surface area (Å²) in [5.74, 6) is 0.964. The van der Waals surface area contributed by atoms with Crippen molar-refractivity contribution in [2.75, 3.05) is 5.75 Å². The number of rotatable bonds is 8. The number of aliphatic hydroxyl groups is 1. The van der Waals surface area contributed by atoms with E-state index in [1.807, 2.05) is 67.2 Å². The Bertz CT molecular complexity index is 760. The first-order valence-corrected chi connectivity index (χ1v) is 11.4. The van der Waals surface area contributed by atoms with Crippen molar-refractivity contribution in [3.63, 3.8) is 0 Å². The lowest BCUT2D eigenvalue weighted by molar-refractivity contribution is 0.0601. The van der Waals surface area contributed by atoms with Crippen LogP contribution in [-0.4, -0.2) is 21.6 Å². The van der Waals surface area contributed by atoms with E-state index < -0.39 is 11.6 Å². The number of nitrogens with one attached hydrogen (secondary N) is 1. The molecular formula is C23H31Cl2NOS. The molecule has 0 aromatic heterocycles. The lowest BCUT2D eigenvalue weighted by Gasteiger charge is -2.40. The lowest BCUT2D eigenvalue weighted by Crippen LogP contribution is -2.50. The molecule has 0 saturated carbocycles. The molecule has 0 radical (unpaired) electrons. The molecule has 0 aliphatic carbocycles. The highest BCUT2D eigenvalue weighted by Gasteiger charge is 2.37. The van der Waals surface area contributed by atoms with E-state index in [0.29, 0.717) is 10.0 Å². The van der Waals surface area contributed by atoms with Crippen LogP contribution in [0.15, 0.2) is 48.5 Å². The summed E-state index contributed by atoms with van der Waals surface area (Å²) in [7, 11) is 0. The standard InChI is InChI=1S/C23H31Cl2NOS/c1-6-20(15-28-22(2,3)4)26-23(5,17-10-12-18(24)13-11-17)21(27)16-8-7-9-19(25)14-16/h7-14,20-21,26-27H,6,15H2,1-5H3/t20-,21+,23+/m0/s1. The van der Waals surface area contributed by atoms with Crippen LogP contribution in [-0.2, 0) is 5.54 Å². The predicted octanol–water partition coefficient (Wildman–Crippen LogP) is 6.84. The highest BCUT2D eigenvalue weighted by Crippen LogP contribution is 2.37. The molecule has 2 rings (SSSR count). The first-order chi connectivity index (χ1) is 13.0. The van der Waals surface area contributed by atoms with Crippen LogP contribution in [0.5, 0.6) is 0 Å². The molecule has 2 aromatic rings. The second-order valence-corrected chi connectivity index (χ2v) is 11.1. The molecule has 154 valence electrons. The van der Waals surface area contributed by atoms with Gasteiger partial charge in [0.15, 0.2) is 0 Å². The molecule has 0 aliphatic rings. The fourth-order valence-corrected chi connectivity index (χ4v) is 4.51. The summed E-state index contributed by atoms with van der Waals surface area (Å²) in [4.78, 5) is 0. The normalized spacial score (nSPS) is 16.4. The molecule has 28 heavy (non-hydrogen) atoms. The number of benzene rings is 2. The third kappa shape index (κ3) is 6.40. The van der Waals surface area contributed by atoms with Crippen molar-refractivity contribution >= 4 is 35.0 Å². The molecule has 0 aliphatic heterocycles. The van der Waals surface area contributed by atoms with Gasteiger partial charge in [-0.25, -0.2) is 0 Å². The lowest BCUT2D eigenvalue weighted by atomic mass is 9.82. The van der Waals surface area contributed by atoms with E-state index in [4.69, 9.17) is 23.2 Å². The zero-order valence-electron chi connectivity index (χ0n) is 17.3. The van der Waals surface area contributed by atoms with E-state index in [0.717, 1.165) is 23.3 Å². The molecule has 2 nitrogen and oxygen atoms in total. The minimum absolute atomic E-state index is 0.192. The van der Waals surface area contributed by atoms with E-state index in [-0.39, 0.29) is 10.8 Å². The molecule has 0 spiro atoms. The largest absolute Gasteiger partial charge is 0.386 e. The minimum atomic E-state index is -0.763. The van der Waals surface area contributed by atoms with Gasteiger partial charge in [-0.3, -0.25) is 0 Å².